The van der Waals surface area contributed by atoms with Crippen LogP contribution in [0.1, 0.15) is 56.2 Å². The maximum atomic E-state index is 15.2. The van der Waals surface area contributed by atoms with Gasteiger partial charge in [-0.25, -0.2) is 0 Å². The first kappa shape index (κ1) is 31.6. The van der Waals surface area contributed by atoms with Crippen molar-refractivity contribution in [1.82, 2.24) is 4.90 Å². The molecule has 6 unspecified atom stereocenters. The Morgan fingerprint density at radius 3 is 2.02 bits per heavy atom. The van der Waals surface area contributed by atoms with E-state index in [1.165, 1.54) is 37.3 Å². The molecule has 6 atom stereocenters. The predicted molar refractivity (Wildman–Crippen MR) is 179 cm³/mol. The summed E-state index contributed by atoms with van der Waals surface area (Å²) in [6, 6.07) is 21.5. The number of ether oxygens (including phenoxy) is 2. The summed E-state index contributed by atoms with van der Waals surface area (Å²) >= 11 is 0. The first-order chi connectivity index (χ1) is 22.9. The molecule has 246 valence electrons. The van der Waals surface area contributed by atoms with Crippen LogP contribution in [0.15, 0.2) is 90.5 Å². The Labute approximate surface area is 280 Å². The number of allylic oxidation sites excluding steroid dienone is 4. The average molecular weight is 646 g/mol. The summed E-state index contributed by atoms with van der Waals surface area (Å²) in [5, 5.41) is 10.7. The summed E-state index contributed by atoms with van der Waals surface area (Å²) in [5.74, 6) is -3.92. The van der Waals surface area contributed by atoms with Gasteiger partial charge in [0.25, 0.3) is 0 Å². The summed E-state index contributed by atoms with van der Waals surface area (Å²) in [5.41, 5.74) is 0.755. The molecule has 1 aliphatic heterocycles. The molecule has 2 fully saturated rings. The number of carbonyl (C=O) groups excluding carboxylic acids is 4. The van der Waals surface area contributed by atoms with E-state index in [9.17, 15) is 14.7 Å². The molecule has 0 radical (unpaired) electrons. The largest absolute Gasteiger partial charge is 0.508 e. The zero-order valence-electron chi connectivity index (χ0n) is 27.7. The average Bonchev–Trinajstić information content (AvgIpc) is 3.35. The molecule has 8 heteroatoms. The number of phenolic OH excluding ortho intramolecular Hbond substituents is 1. The minimum Gasteiger partial charge on any atom is -0.508 e. The monoisotopic (exact) mass is 645 g/mol. The van der Waals surface area contributed by atoms with Gasteiger partial charge in [0, 0.05) is 40.6 Å². The lowest BCUT2D eigenvalue weighted by molar-refractivity contribution is -0.145. The van der Waals surface area contributed by atoms with Crippen molar-refractivity contribution < 1.29 is 33.8 Å². The van der Waals surface area contributed by atoms with Gasteiger partial charge in [0.15, 0.2) is 11.6 Å². The van der Waals surface area contributed by atoms with Gasteiger partial charge in [0.05, 0.1) is 31.5 Å². The summed E-state index contributed by atoms with van der Waals surface area (Å²) in [4.78, 5) is 59.9. The van der Waals surface area contributed by atoms with Gasteiger partial charge in [0.2, 0.25) is 11.8 Å². The van der Waals surface area contributed by atoms with Crippen LogP contribution in [0, 0.1) is 23.7 Å². The molecule has 1 heterocycles. The number of aromatic hydroxyl groups is 1. The fourth-order valence-electron chi connectivity index (χ4n) is 9.06. The number of amides is 2. The van der Waals surface area contributed by atoms with Gasteiger partial charge >= 0.3 is 0 Å². The normalized spacial score (nSPS) is 28.3. The number of likely N-dealkylation sites (tertiary alicyclic amines) is 1. The quantitative estimate of drug-likeness (QED) is 0.267. The van der Waals surface area contributed by atoms with Crippen molar-refractivity contribution in [2.45, 2.75) is 50.5 Å². The van der Waals surface area contributed by atoms with E-state index >= 15 is 9.59 Å². The third kappa shape index (κ3) is 4.41. The number of phenols is 1. The molecule has 8 nitrogen and oxygen atoms in total. The van der Waals surface area contributed by atoms with Crippen molar-refractivity contribution in [2.75, 3.05) is 14.2 Å². The lowest BCUT2D eigenvalue weighted by Crippen LogP contribution is -2.59. The molecular weight excluding hydrogens is 606 g/mol. The number of nitrogens with zero attached hydrogens (tertiary/aromatic N) is 1. The Kier molecular flexibility index (Phi) is 7.46. The van der Waals surface area contributed by atoms with Gasteiger partial charge < -0.3 is 14.6 Å². The zero-order chi connectivity index (χ0) is 34.1. The molecule has 3 aliphatic carbocycles. The lowest BCUT2D eigenvalue weighted by Gasteiger charge is -2.55. The number of ketones is 2. The van der Waals surface area contributed by atoms with Crippen molar-refractivity contribution in [3.05, 3.63) is 107 Å². The van der Waals surface area contributed by atoms with Gasteiger partial charge in [-0.15, -0.1) is 0 Å². The summed E-state index contributed by atoms with van der Waals surface area (Å²) in [6.45, 7) is 5.56. The highest BCUT2D eigenvalue weighted by atomic mass is 16.5. The van der Waals surface area contributed by atoms with Crippen LogP contribution >= 0.6 is 0 Å². The number of benzene rings is 3. The number of hydrogen-bond acceptors (Lipinski definition) is 7. The highest BCUT2D eigenvalue weighted by Gasteiger charge is 2.67. The van der Waals surface area contributed by atoms with Gasteiger partial charge in [-0.2, -0.15) is 0 Å². The topological polar surface area (TPSA) is 110 Å². The van der Waals surface area contributed by atoms with Crippen LogP contribution in [-0.4, -0.2) is 53.1 Å². The fraction of sp³-hybridized carbons (Fsp3) is 0.350. The van der Waals surface area contributed by atoms with Crippen LogP contribution in [0.25, 0.3) is 5.57 Å². The smallest absolute Gasteiger partial charge is 0.234 e. The maximum absolute atomic E-state index is 15.2. The lowest BCUT2D eigenvalue weighted by atomic mass is 9.44. The minimum atomic E-state index is -1.45. The number of methoxy groups -OCH3 is 2. The first-order valence-electron chi connectivity index (χ1n) is 16.4. The van der Waals surface area contributed by atoms with Crippen LogP contribution in [0.5, 0.6) is 17.2 Å². The van der Waals surface area contributed by atoms with E-state index in [4.69, 9.17) is 9.47 Å². The molecule has 1 saturated carbocycles. The highest BCUT2D eigenvalue weighted by Crippen LogP contribution is 2.65. The molecule has 1 N–H and O–H groups in total. The second-order valence-corrected chi connectivity index (χ2v) is 14.2. The number of hydrogen-bond donors (Lipinski definition) is 1. The zero-order valence-corrected chi connectivity index (χ0v) is 27.7. The highest BCUT2D eigenvalue weighted by molar-refractivity contribution is 6.31. The Hall–Kier alpha value is -4.98. The Balaban J connectivity index is 1.56. The number of rotatable bonds is 5. The third-order valence-electron chi connectivity index (χ3n) is 10.9. The SMILES string of the molecule is COc1cc(O)cc(OC)c1C1C2=CCC3C(=O)N(C(C)(C)C)C(=O)C3C2CC2C(=O)C(c3ccccc3)=CC(=O)C21c1ccccc1. The van der Waals surface area contributed by atoms with Crippen molar-refractivity contribution in [1.29, 1.82) is 0 Å². The van der Waals surface area contributed by atoms with E-state index in [1.807, 2.05) is 87.5 Å². The Bertz CT molecular complexity index is 1880. The summed E-state index contributed by atoms with van der Waals surface area (Å²) in [7, 11) is 2.97. The van der Waals surface area contributed by atoms with Gasteiger partial charge in [-0.3, -0.25) is 24.1 Å². The fourth-order valence-corrected chi connectivity index (χ4v) is 9.06. The molecule has 4 aliphatic rings. The number of carbonyl (C=O) groups is 4. The maximum Gasteiger partial charge on any atom is 0.234 e. The van der Waals surface area contributed by atoms with Crippen LogP contribution in [-0.2, 0) is 24.6 Å². The third-order valence-corrected chi connectivity index (χ3v) is 10.9. The van der Waals surface area contributed by atoms with Crippen LogP contribution in [0.3, 0.4) is 0 Å². The van der Waals surface area contributed by atoms with Crippen molar-refractivity contribution in [2.24, 2.45) is 23.7 Å². The van der Waals surface area contributed by atoms with E-state index in [-0.39, 0.29) is 47.1 Å². The van der Waals surface area contributed by atoms with Crippen LogP contribution < -0.4 is 9.47 Å². The standard InChI is InChI=1S/C40H39NO7/c1-39(2,3)41-37(45)26-17-16-25-28(33(26)38(41)46)20-29-36(44)27(22-12-8-6-9-13-22)21-32(43)40(29,23-14-10-7-11-15-23)35(25)34-30(47-4)18-24(42)19-31(34)48-5/h6-16,18-19,21,26,28-29,33,35,42H,17,20H2,1-5H3. The minimum absolute atomic E-state index is 0.0856. The number of imide groups is 1. The molecule has 1 saturated heterocycles. The van der Waals surface area contributed by atoms with Gasteiger partial charge in [0.1, 0.15) is 17.2 Å². The first-order valence-corrected chi connectivity index (χ1v) is 16.4. The molecule has 2 amide bonds. The van der Waals surface area contributed by atoms with E-state index in [1.54, 1.807) is 0 Å². The molecule has 7 rings (SSSR count). The van der Waals surface area contributed by atoms with E-state index < -0.39 is 40.5 Å². The van der Waals surface area contributed by atoms with E-state index in [0.717, 1.165) is 5.57 Å². The number of fused-ring (bicyclic) bond motifs is 4. The molecule has 0 bridgehead atoms. The second kappa shape index (κ2) is 11.3. The molecule has 0 spiro atoms. The van der Waals surface area contributed by atoms with Gasteiger partial charge in [-0.1, -0.05) is 72.3 Å². The second-order valence-electron chi connectivity index (χ2n) is 14.2. The Morgan fingerprint density at radius 1 is 0.833 bits per heavy atom. The summed E-state index contributed by atoms with van der Waals surface area (Å²) < 4.78 is 11.8. The molecule has 3 aromatic carbocycles. The molecule has 3 aromatic rings. The molecule has 48 heavy (non-hydrogen) atoms. The van der Waals surface area contributed by atoms with E-state index in [2.05, 4.69) is 0 Å². The molecular formula is C40H39NO7. The van der Waals surface area contributed by atoms with E-state index in [0.29, 0.717) is 28.7 Å². The van der Waals surface area contributed by atoms with Crippen molar-refractivity contribution >= 4 is 29.0 Å². The predicted octanol–water partition coefficient (Wildman–Crippen LogP) is 6.03. The van der Waals surface area contributed by atoms with Gasteiger partial charge in [-0.05, 0) is 56.7 Å². The van der Waals surface area contributed by atoms with Crippen molar-refractivity contribution in [3.63, 3.8) is 0 Å². The number of Topliss-reactive ketones (excluding diaryl/α,β-unsaturated/α-hetero) is 1. The van der Waals surface area contributed by atoms with Crippen molar-refractivity contribution in [3.8, 4) is 17.2 Å². The van der Waals surface area contributed by atoms with Crippen LogP contribution in [0.4, 0.5) is 0 Å². The Morgan fingerprint density at radius 2 is 1.44 bits per heavy atom. The van der Waals surface area contributed by atoms with Crippen LogP contribution in [0.2, 0.25) is 0 Å². The summed E-state index contributed by atoms with van der Waals surface area (Å²) in [6.07, 6.45) is 4.00. The molecule has 0 aromatic heterocycles.